The second-order valence-corrected chi connectivity index (χ2v) is 5.31. The summed E-state index contributed by atoms with van der Waals surface area (Å²) in [5.74, 6) is -1.16. The molecule has 1 heterocycles. The van der Waals surface area contributed by atoms with E-state index < -0.39 is 5.97 Å². The van der Waals surface area contributed by atoms with Crippen LogP contribution in [0, 0.1) is 6.92 Å². The number of hydrogen-bond acceptors (Lipinski definition) is 5. The van der Waals surface area contributed by atoms with Crippen molar-refractivity contribution in [1.82, 2.24) is 9.97 Å². The molecule has 0 aliphatic heterocycles. The van der Waals surface area contributed by atoms with Gasteiger partial charge >= 0.3 is 5.97 Å². The molecule has 0 saturated carbocycles. The first-order valence-electron chi connectivity index (χ1n) is 6.08. The molecule has 6 nitrogen and oxygen atoms in total. The quantitative estimate of drug-likeness (QED) is 0.843. The standard InChI is InChI=1S/C14H13N3O3S/c1-8-12(13(19)20)7-15-14(16-8)21-11-5-3-10(4-6-11)17-9(2)18/h3-7H,1-2H3,(H,17,18)(H,19,20). The zero-order valence-corrected chi connectivity index (χ0v) is 12.3. The summed E-state index contributed by atoms with van der Waals surface area (Å²) in [6.45, 7) is 3.08. The zero-order chi connectivity index (χ0) is 15.4. The van der Waals surface area contributed by atoms with Crippen LogP contribution in [-0.4, -0.2) is 27.0 Å². The average molecular weight is 303 g/mol. The van der Waals surface area contributed by atoms with E-state index in [0.29, 0.717) is 16.5 Å². The summed E-state index contributed by atoms with van der Waals surface area (Å²) in [4.78, 5) is 30.9. The van der Waals surface area contributed by atoms with Gasteiger partial charge in [0.15, 0.2) is 5.16 Å². The third-order valence-corrected chi connectivity index (χ3v) is 3.46. The molecule has 0 spiro atoms. The van der Waals surface area contributed by atoms with Gasteiger partial charge in [0.2, 0.25) is 5.91 Å². The van der Waals surface area contributed by atoms with E-state index in [-0.39, 0.29) is 11.5 Å². The van der Waals surface area contributed by atoms with Gasteiger partial charge < -0.3 is 10.4 Å². The fourth-order valence-corrected chi connectivity index (χ4v) is 2.39. The number of aromatic nitrogens is 2. The predicted octanol–water partition coefficient (Wildman–Crippen LogP) is 2.59. The molecule has 0 saturated heterocycles. The van der Waals surface area contributed by atoms with Crippen molar-refractivity contribution in [3.63, 3.8) is 0 Å². The number of carbonyl (C=O) groups excluding carboxylic acids is 1. The van der Waals surface area contributed by atoms with Crippen molar-refractivity contribution in [1.29, 1.82) is 0 Å². The summed E-state index contributed by atoms with van der Waals surface area (Å²) >= 11 is 1.32. The van der Waals surface area contributed by atoms with Crippen LogP contribution in [0.5, 0.6) is 0 Å². The maximum atomic E-state index is 10.9. The molecule has 0 aliphatic rings. The Bertz CT molecular complexity index is 686. The van der Waals surface area contributed by atoms with Gasteiger partial charge in [-0.15, -0.1) is 0 Å². The number of hydrogen-bond donors (Lipinski definition) is 2. The number of nitrogens with zero attached hydrogens (tertiary/aromatic N) is 2. The number of benzene rings is 1. The molecule has 108 valence electrons. The van der Waals surface area contributed by atoms with Gasteiger partial charge in [-0.05, 0) is 43.0 Å². The first-order valence-corrected chi connectivity index (χ1v) is 6.90. The van der Waals surface area contributed by atoms with E-state index in [2.05, 4.69) is 15.3 Å². The summed E-state index contributed by atoms with van der Waals surface area (Å²) in [5, 5.41) is 12.1. The molecule has 0 unspecified atom stereocenters. The molecule has 0 radical (unpaired) electrons. The van der Waals surface area contributed by atoms with Gasteiger partial charge in [-0.2, -0.15) is 0 Å². The Balaban J connectivity index is 2.13. The topological polar surface area (TPSA) is 92.2 Å². The molecule has 1 amide bonds. The van der Waals surface area contributed by atoms with Gasteiger partial charge in [-0.3, -0.25) is 4.79 Å². The smallest absolute Gasteiger partial charge is 0.339 e. The highest BCUT2D eigenvalue weighted by molar-refractivity contribution is 7.99. The average Bonchev–Trinajstić information content (AvgIpc) is 2.40. The number of aromatic carboxylic acids is 1. The van der Waals surface area contributed by atoms with E-state index in [0.717, 1.165) is 4.90 Å². The lowest BCUT2D eigenvalue weighted by Gasteiger charge is -2.05. The van der Waals surface area contributed by atoms with Gasteiger partial charge in [-0.1, -0.05) is 0 Å². The molecule has 0 atom stereocenters. The summed E-state index contributed by atoms with van der Waals surface area (Å²) in [6, 6.07) is 7.23. The fraction of sp³-hybridized carbons (Fsp3) is 0.143. The first-order chi connectivity index (χ1) is 9.95. The van der Waals surface area contributed by atoms with Crippen molar-refractivity contribution in [2.24, 2.45) is 0 Å². The second-order valence-electron chi connectivity index (χ2n) is 4.26. The van der Waals surface area contributed by atoms with Gasteiger partial charge in [0.1, 0.15) is 0 Å². The van der Waals surface area contributed by atoms with E-state index >= 15 is 0 Å². The van der Waals surface area contributed by atoms with E-state index in [4.69, 9.17) is 5.11 Å². The SMILES string of the molecule is CC(=O)Nc1ccc(Sc2ncc(C(=O)O)c(C)n2)cc1. The number of nitrogens with one attached hydrogen (secondary N) is 1. The minimum Gasteiger partial charge on any atom is -0.478 e. The molecule has 2 rings (SSSR count). The normalized spacial score (nSPS) is 10.2. The van der Waals surface area contributed by atoms with Crippen molar-refractivity contribution in [2.45, 2.75) is 23.9 Å². The Labute approximate surface area is 125 Å². The molecule has 21 heavy (non-hydrogen) atoms. The van der Waals surface area contributed by atoms with Gasteiger partial charge in [0.25, 0.3) is 0 Å². The van der Waals surface area contributed by atoms with Crippen molar-refractivity contribution in [3.8, 4) is 0 Å². The molecule has 1 aromatic heterocycles. The largest absolute Gasteiger partial charge is 0.478 e. The Morgan fingerprint density at radius 1 is 1.24 bits per heavy atom. The molecule has 0 bridgehead atoms. The third kappa shape index (κ3) is 4.03. The lowest BCUT2D eigenvalue weighted by molar-refractivity contribution is -0.114. The van der Waals surface area contributed by atoms with Crippen LogP contribution in [0.3, 0.4) is 0 Å². The number of carboxylic acids is 1. The number of rotatable bonds is 4. The maximum Gasteiger partial charge on any atom is 0.339 e. The number of amides is 1. The van der Waals surface area contributed by atoms with Crippen LogP contribution in [0.2, 0.25) is 0 Å². The van der Waals surface area contributed by atoms with E-state index in [9.17, 15) is 9.59 Å². The van der Waals surface area contributed by atoms with Gasteiger partial charge in [-0.25, -0.2) is 14.8 Å². The fourth-order valence-electron chi connectivity index (χ4n) is 1.62. The summed E-state index contributed by atoms with van der Waals surface area (Å²) in [7, 11) is 0. The summed E-state index contributed by atoms with van der Waals surface area (Å²) in [6.07, 6.45) is 1.30. The zero-order valence-electron chi connectivity index (χ0n) is 11.5. The third-order valence-electron chi connectivity index (χ3n) is 2.57. The molecule has 2 N–H and O–H groups in total. The van der Waals surface area contributed by atoms with Crippen molar-refractivity contribution in [2.75, 3.05) is 5.32 Å². The van der Waals surface area contributed by atoms with Crippen LogP contribution >= 0.6 is 11.8 Å². The highest BCUT2D eigenvalue weighted by Gasteiger charge is 2.10. The van der Waals surface area contributed by atoms with Crippen molar-refractivity contribution >= 4 is 29.3 Å². The lowest BCUT2D eigenvalue weighted by Crippen LogP contribution is -2.05. The van der Waals surface area contributed by atoms with Crippen LogP contribution in [0.25, 0.3) is 0 Å². The van der Waals surface area contributed by atoms with Gasteiger partial charge in [0, 0.05) is 23.7 Å². The second kappa shape index (κ2) is 6.36. The summed E-state index contributed by atoms with van der Waals surface area (Å²) in [5.41, 5.74) is 1.24. The maximum absolute atomic E-state index is 10.9. The molecular formula is C14H13N3O3S. The van der Waals surface area contributed by atoms with E-state index in [1.54, 1.807) is 19.1 Å². The molecule has 2 aromatic rings. The van der Waals surface area contributed by atoms with Crippen molar-refractivity contribution in [3.05, 3.63) is 41.7 Å². The van der Waals surface area contributed by atoms with Crippen LogP contribution in [0.1, 0.15) is 23.0 Å². The Kier molecular flexibility index (Phi) is 4.54. The Morgan fingerprint density at radius 2 is 1.90 bits per heavy atom. The molecular weight excluding hydrogens is 290 g/mol. The highest BCUT2D eigenvalue weighted by atomic mass is 32.2. The molecule has 1 aromatic carbocycles. The first kappa shape index (κ1) is 15.0. The highest BCUT2D eigenvalue weighted by Crippen LogP contribution is 2.26. The lowest BCUT2D eigenvalue weighted by atomic mass is 10.2. The van der Waals surface area contributed by atoms with E-state index in [1.807, 2.05) is 12.1 Å². The number of carbonyl (C=O) groups is 2. The number of carboxylic acid groups (broad SMARTS) is 1. The van der Waals surface area contributed by atoms with Gasteiger partial charge in [0.05, 0.1) is 11.3 Å². The molecule has 0 fully saturated rings. The monoisotopic (exact) mass is 303 g/mol. The van der Waals surface area contributed by atoms with Crippen LogP contribution in [0.15, 0.2) is 40.5 Å². The minimum atomic E-state index is -1.04. The summed E-state index contributed by atoms with van der Waals surface area (Å²) < 4.78 is 0. The van der Waals surface area contributed by atoms with Crippen LogP contribution in [-0.2, 0) is 4.79 Å². The number of aryl methyl sites for hydroxylation is 1. The van der Waals surface area contributed by atoms with E-state index in [1.165, 1.54) is 24.9 Å². The Morgan fingerprint density at radius 3 is 2.43 bits per heavy atom. The molecule has 0 aliphatic carbocycles. The predicted molar refractivity (Wildman–Crippen MR) is 78.6 cm³/mol. The Hall–Kier alpha value is -2.41. The van der Waals surface area contributed by atoms with Crippen LogP contribution < -0.4 is 5.32 Å². The number of anilines is 1. The molecule has 7 heteroatoms. The van der Waals surface area contributed by atoms with Crippen LogP contribution in [0.4, 0.5) is 5.69 Å². The van der Waals surface area contributed by atoms with Crippen molar-refractivity contribution < 1.29 is 14.7 Å². The minimum absolute atomic E-state index is 0.0976.